The Bertz CT molecular complexity index is 860. The van der Waals surface area contributed by atoms with Crippen LogP contribution in [0.4, 0.5) is 0 Å². The molecule has 0 amide bonds. The van der Waals surface area contributed by atoms with Gasteiger partial charge < -0.3 is 9.47 Å². The molecular formula is C26H34N2O4. The molecule has 0 bridgehead atoms. The molecular weight excluding hydrogens is 404 g/mol. The zero-order valence-corrected chi connectivity index (χ0v) is 19.4. The van der Waals surface area contributed by atoms with Gasteiger partial charge in [0.1, 0.15) is 0 Å². The van der Waals surface area contributed by atoms with Crippen molar-refractivity contribution in [3.05, 3.63) is 54.4 Å². The lowest BCUT2D eigenvalue weighted by atomic mass is 10.1. The second-order valence-electron chi connectivity index (χ2n) is 7.90. The maximum Gasteiger partial charge on any atom is 0.315 e. The Morgan fingerprint density at radius 1 is 1.03 bits per heavy atom. The summed E-state index contributed by atoms with van der Waals surface area (Å²) in [5.41, 5.74) is 2.03. The van der Waals surface area contributed by atoms with Crippen LogP contribution >= 0.6 is 0 Å². The summed E-state index contributed by atoms with van der Waals surface area (Å²) >= 11 is 0. The first-order chi connectivity index (χ1) is 15.5. The number of nitrogens with zero attached hydrogens (tertiary/aromatic N) is 2. The first-order valence-electron chi connectivity index (χ1n) is 11.4. The number of benzene rings is 1. The molecule has 6 nitrogen and oxygen atoms in total. The Morgan fingerprint density at radius 2 is 1.75 bits per heavy atom. The molecule has 2 aromatic rings. The van der Waals surface area contributed by atoms with Gasteiger partial charge in [0.15, 0.2) is 11.6 Å². The van der Waals surface area contributed by atoms with Crippen LogP contribution in [-0.2, 0) is 20.7 Å². The number of unbranched alkanes of at least 4 members (excludes halogenated alkanes) is 4. The van der Waals surface area contributed by atoms with Gasteiger partial charge in [-0.15, -0.1) is 0 Å². The standard InChI is InChI=1S/C26H34N2O4/c1-4-5-6-7-8-9-10-11-25(30)32-24-18-27-26(28-19-24)23-16-14-22(15-17-23)13-12-20(2)31-21(3)29/h9-10,14-20H,4-8,11-13H2,1-3H3. The normalized spacial score (nSPS) is 12.0. The number of carbonyl (C=O) groups excluding carboxylic acids is 2. The Morgan fingerprint density at radius 3 is 2.41 bits per heavy atom. The van der Waals surface area contributed by atoms with Gasteiger partial charge in [0.2, 0.25) is 0 Å². The van der Waals surface area contributed by atoms with Crippen LogP contribution in [0, 0.1) is 0 Å². The molecule has 0 fully saturated rings. The average Bonchev–Trinajstić information content (AvgIpc) is 2.77. The lowest BCUT2D eigenvalue weighted by Gasteiger charge is -2.11. The van der Waals surface area contributed by atoms with Crippen LogP contribution in [-0.4, -0.2) is 28.0 Å². The zero-order valence-electron chi connectivity index (χ0n) is 19.4. The fraction of sp³-hybridized carbons (Fsp3) is 0.462. The second kappa shape index (κ2) is 14.1. The van der Waals surface area contributed by atoms with Gasteiger partial charge in [-0.25, -0.2) is 9.97 Å². The van der Waals surface area contributed by atoms with E-state index in [2.05, 4.69) is 16.9 Å². The first kappa shape index (κ1) is 25.2. The number of hydrogen-bond acceptors (Lipinski definition) is 6. The minimum absolute atomic E-state index is 0.105. The number of hydrogen-bond donors (Lipinski definition) is 0. The smallest absolute Gasteiger partial charge is 0.315 e. The average molecular weight is 439 g/mol. The lowest BCUT2D eigenvalue weighted by molar-refractivity contribution is -0.145. The minimum Gasteiger partial charge on any atom is -0.463 e. The van der Waals surface area contributed by atoms with Crippen LogP contribution in [0.1, 0.15) is 71.3 Å². The predicted octanol–water partition coefficient (Wildman–Crippen LogP) is 5.85. The summed E-state index contributed by atoms with van der Waals surface area (Å²) in [6.07, 6.45) is 14.5. The fourth-order valence-corrected chi connectivity index (χ4v) is 3.21. The predicted molar refractivity (Wildman–Crippen MR) is 125 cm³/mol. The molecule has 2 rings (SSSR count). The van der Waals surface area contributed by atoms with Crippen molar-refractivity contribution in [2.75, 3.05) is 0 Å². The van der Waals surface area contributed by atoms with Crippen LogP contribution in [0.5, 0.6) is 5.75 Å². The maximum atomic E-state index is 12.0. The highest BCUT2D eigenvalue weighted by Gasteiger charge is 2.08. The molecule has 32 heavy (non-hydrogen) atoms. The third-order valence-electron chi connectivity index (χ3n) is 4.95. The van der Waals surface area contributed by atoms with Gasteiger partial charge in [-0.05, 0) is 38.2 Å². The number of rotatable bonds is 13. The summed E-state index contributed by atoms with van der Waals surface area (Å²) in [4.78, 5) is 31.6. The molecule has 0 spiro atoms. The summed E-state index contributed by atoms with van der Waals surface area (Å²) in [6.45, 7) is 5.50. The largest absolute Gasteiger partial charge is 0.463 e. The molecule has 1 aromatic heterocycles. The maximum absolute atomic E-state index is 12.0. The van der Waals surface area contributed by atoms with E-state index in [1.54, 1.807) is 0 Å². The van der Waals surface area contributed by atoms with Gasteiger partial charge >= 0.3 is 11.9 Å². The van der Waals surface area contributed by atoms with Gasteiger partial charge in [0, 0.05) is 12.5 Å². The lowest BCUT2D eigenvalue weighted by Crippen LogP contribution is -2.12. The van der Waals surface area contributed by atoms with E-state index in [0.29, 0.717) is 11.6 Å². The number of esters is 2. The Hall–Kier alpha value is -3.02. The summed E-state index contributed by atoms with van der Waals surface area (Å²) in [5, 5.41) is 0. The summed E-state index contributed by atoms with van der Waals surface area (Å²) in [6, 6.07) is 7.94. The van der Waals surface area contributed by atoms with E-state index < -0.39 is 0 Å². The van der Waals surface area contributed by atoms with E-state index in [-0.39, 0.29) is 24.5 Å². The van der Waals surface area contributed by atoms with E-state index in [1.807, 2.05) is 43.3 Å². The number of aryl methyl sites for hydroxylation is 1. The molecule has 1 heterocycles. The van der Waals surface area contributed by atoms with Gasteiger partial charge in [-0.3, -0.25) is 9.59 Å². The molecule has 0 aliphatic heterocycles. The molecule has 0 saturated heterocycles. The van der Waals surface area contributed by atoms with E-state index in [4.69, 9.17) is 9.47 Å². The summed E-state index contributed by atoms with van der Waals surface area (Å²) < 4.78 is 10.5. The van der Waals surface area contributed by atoms with Crippen molar-refractivity contribution in [3.8, 4) is 17.1 Å². The van der Waals surface area contributed by atoms with E-state index >= 15 is 0 Å². The van der Waals surface area contributed by atoms with E-state index in [9.17, 15) is 9.59 Å². The minimum atomic E-state index is -0.321. The molecule has 0 N–H and O–H groups in total. The van der Waals surface area contributed by atoms with E-state index in [0.717, 1.165) is 36.8 Å². The van der Waals surface area contributed by atoms with Crippen molar-refractivity contribution < 1.29 is 19.1 Å². The van der Waals surface area contributed by atoms with Gasteiger partial charge in [0.05, 0.1) is 24.9 Å². The van der Waals surface area contributed by atoms with Crippen LogP contribution in [0.25, 0.3) is 11.4 Å². The molecule has 1 aromatic carbocycles. The Kier molecular flexibility index (Phi) is 11.1. The highest BCUT2D eigenvalue weighted by Crippen LogP contribution is 2.19. The van der Waals surface area contributed by atoms with Crippen LogP contribution in [0.3, 0.4) is 0 Å². The van der Waals surface area contributed by atoms with Gasteiger partial charge in [-0.2, -0.15) is 0 Å². The van der Waals surface area contributed by atoms with Crippen molar-refractivity contribution in [1.29, 1.82) is 0 Å². The molecule has 0 saturated carbocycles. The molecule has 0 radical (unpaired) electrons. The third-order valence-corrected chi connectivity index (χ3v) is 4.95. The first-order valence-corrected chi connectivity index (χ1v) is 11.4. The second-order valence-corrected chi connectivity index (χ2v) is 7.90. The van der Waals surface area contributed by atoms with Crippen molar-refractivity contribution in [1.82, 2.24) is 9.97 Å². The molecule has 0 aliphatic rings. The van der Waals surface area contributed by atoms with Gasteiger partial charge in [0.25, 0.3) is 0 Å². The third kappa shape index (κ3) is 9.86. The Balaban J connectivity index is 1.78. The fourth-order valence-electron chi connectivity index (χ4n) is 3.21. The van der Waals surface area contributed by atoms with E-state index in [1.165, 1.54) is 38.6 Å². The van der Waals surface area contributed by atoms with Crippen molar-refractivity contribution in [3.63, 3.8) is 0 Å². The SMILES string of the molecule is CCCCCCC=CCC(=O)Oc1cnc(-c2ccc(CCC(C)OC(C)=O)cc2)nc1. The van der Waals surface area contributed by atoms with Crippen molar-refractivity contribution >= 4 is 11.9 Å². The molecule has 6 heteroatoms. The summed E-state index contributed by atoms with van der Waals surface area (Å²) in [7, 11) is 0. The number of ether oxygens (including phenoxy) is 2. The summed E-state index contributed by atoms with van der Waals surface area (Å²) in [5.74, 6) is 0.328. The van der Waals surface area contributed by atoms with Gasteiger partial charge in [-0.1, -0.05) is 62.6 Å². The molecule has 1 unspecified atom stereocenters. The quantitative estimate of drug-likeness (QED) is 0.222. The monoisotopic (exact) mass is 438 g/mol. The highest BCUT2D eigenvalue weighted by molar-refractivity contribution is 5.73. The Labute approximate surface area is 191 Å². The van der Waals surface area contributed by atoms with Crippen LogP contribution in [0.2, 0.25) is 0 Å². The molecule has 1 atom stereocenters. The topological polar surface area (TPSA) is 78.4 Å². The van der Waals surface area contributed by atoms with Crippen LogP contribution in [0.15, 0.2) is 48.8 Å². The van der Waals surface area contributed by atoms with Crippen LogP contribution < -0.4 is 4.74 Å². The number of allylic oxidation sites excluding steroid dienone is 1. The number of aromatic nitrogens is 2. The van der Waals surface area contributed by atoms with Crippen molar-refractivity contribution in [2.45, 2.75) is 78.2 Å². The highest BCUT2D eigenvalue weighted by atomic mass is 16.5. The number of carbonyl (C=O) groups is 2. The zero-order chi connectivity index (χ0) is 23.2. The molecule has 172 valence electrons. The molecule has 0 aliphatic carbocycles. The van der Waals surface area contributed by atoms with Crippen molar-refractivity contribution in [2.24, 2.45) is 0 Å².